The van der Waals surface area contributed by atoms with Gasteiger partial charge < -0.3 is 5.32 Å². The van der Waals surface area contributed by atoms with Gasteiger partial charge in [0, 0.05) is 30.5 Å². The molecule has 0 saturated heterocycles. The van der Waals surface area contributed by atoms with Crippen molar-refractivity contribution in [2.24, 2.45) is 0 Å². The highest BCUT2D eigenvalue weighted by atomic mass is 19.1. The quantitative estimate of drug-likeness (QED) is 0.384. The second-order valence-electron chi connectivity index (χ2n) is 7.84. The highest BCUT2D eigenvalue weighted by Gasteiger charge is 2.20. The fourth-order valence-corrected chi connectivity index (χ4v) is 3.83. The van der Waals surface area contributed by atoms with E-state index >= 15 is 0 Å². The summed E-state index contributed by atoms with van der Waals surface area (Å²) in [5.41, 5.74) is 3.49. The van der Waals surface area contributed by atoms with Gasteiger partial charge in [-0.15, -0.1) is 0 Å². The number of anilines is 1. The smallest absolute Gasteiger partial charge is 0.247 e. The van der Waals surface area contributed by atoms with Crippen LogP contribution in [0.15, 0.2) is 54.7 Å². The van der Waals surface area contributed by atoms with Gasteiger partial charge in [-0.25, -0.2) is 13.9 Å². The second kappa shape index (κ2) is 9.77. The highest BCUT2D eigenvalue weighted by Crippen LogP contribution is 2.27. The minimum atomic E-state index is -0.354. The number of rotatable bonds is 8. The van der Waals surface area contributed by atoms with E-state index in [0.29, 0.717) is 36.5 Å². The van der Waals surface area contributed by atoms with E-state index in [4.69, 9.17) is 0 Å². The van der Waals surface area contributed by atoms with Crippen molar-refractivity contribution in [3.63, 3.8) is 0 Å². The molecule has 0 saturated carbocycles. The van der Waals surface area contributed by atoms with Crippen LogP contribution in [0.3, 0.4) is 0 Å². The summed E-state index contributed by atoms with van der Waals surface area (Å²) in [4.78, 5) is 30.1. The predicted octanol–water partition coefficient (Wildman–Crippen LogP) is 5.53. The van der Waals surface area contributed by atoms with Crippen LogP contribution >= 0.6 is 0 Å². The molecule has 2 aromatic carbocycles. The van der Waals surface area contributed by atoms with Crippen molar-refractivity contribution in [2.45, 2.75) is 46.1 Å². The summed E-state index contributed by atoms with van der Waals surface area (Å²) in [6.07, 6.45) is 3.80. The second-order valence-corrected chi connectivity index (χ2v) is 7.84. The molecule has 8 heteroatoms. The molecule has 7 nitrogen and oxygen atoms in total. The molecular formula is C25H26FN5O2. The topological polar surface area (TPSA) is 81.8 Å². The summed E-state index contributed by atoms with van der Waals surface area (Å²) in [6.45, 7) is 4.18. The number of hydrogen-bond donors (Lipinski definition) is 1. The Bertz CT molecular complexity index is 1290. The number of halogens is 1. The van der Waals surface area contributed by atoms with Crippen LogP contribution in [-0.2, 0) is 6.54 Å². The van der Waals surface area contributed by atoms with E-state index in [1.807, 2.05) is 38.1 Å². The first-order valence-electron chi connectivity index (χ1n) is 11.1. The zero-order valence-electron chi connectivity index (χ0n) is 18.7. The number of nitrogens with one attached hydrogen (secondary N) is 1. The lowest BCUT2D eigenvalue weighted by Gasteiger charge is -2.11. The average molecular weight is 448 g/mol. The van der Waals surface area contributed by atoms with Crippen LogP contribution in [0.4, 0.5) is 10.3 Å². The molecule has 0 amide bonds. The predicted molar refractivity (Wildman–Crippen MR) is 126 cm³/mol. The molecular weight excluding hydrogens is 421 g/mol. The van der Waals surface area contributed by atoms with E-state index in [-0.39, 0.29) is 24.2 Å². The van der Waals surface area contributed by atoms with Crippen LogP contribution in [-0.4, -0.2) is 31.1 Å². The number of aromatic nitrogens is 4. The maximum absolute atomic E-state index is 13.5. The third-order valence-corrected chi connectivity index (χ3v) is 5.37. The van der Waals surface area contributed by atoms with Crippen LogP contribution in [0.25, 0.3) is 22.3 Å². The maximum Gasteiger partial charge on any atom is 0.247 e. The zero-order valence-corrected chi connectivity index (χ0v) is 18.7. The summed E-state index contributed by atoms with van der Waals surface area (Å²) in [5.74, 6) is -0.0883. The molecule has 4 aromatic rings. The van der Waals surface area contributed by atoms with Crippen molar-refractivity contribution in [1.82, 2.24) is 19.3 Å². The fourth-order valence-electron chi connectivity index (χ4n) is 3.83. The normalized spacial score (nSPS) is 11.1. The molecule has 0 atom stereocenters. The fraction of sp³-hybridized carbons (Fsp3) is 0.280. The van der Waals surface area contributed by atoms with E-state index in [9.17, 15) is 14.0 Å². The third-order valence-electron chi connectivity index (χ3n) is 5.37. The summed E-state index contributed by atoms with van der Waals surface area (Å²) in [5, 5.41) is 7.57. The van der Waals surface area contributed by atoms with Crippen molar-refractivity contribution in [2.75, 3.05) is 5.32 Å². The number of hydrogen-bond acceptors (Lipinski definition) is 5. The summed E-state index contributed by atoms with van der Waals surface area (Å²) in [7, 11) is 0. The van der Waals surface area contributed by atoms with Gasteiger partial charge in [-0.3, -0.25) is 9.59 Å². The Labute approximate surface area is 191 Å². The Morgan fingerprint density at radius 3 is 2.39 bits per heavy atom. The van der Waals surface area contributed by atoms with Gasteiger partial charge in [-0.05, 0) is 49.2 Å². The lowest BCUT2D eigenvalue weighted by Crippen LogP contribution is -2.16. The number of para-hydroxylation sites is 2. The average Bonchev–Trinajstić information content (AvgIpc) is 3.40. The summed E-state index contributed by atoms with van der Waals surface area (Å²) < 4.78 is 16.5. The Hall–Kier alpha value is -3.81. The van der Waals surface area contributed by atoms with Crippen LogP contribution < -0.4 is 5.32 Å². The van der Waals surface area contributed by atoms with E-state index < -0.39 is 0 Å². The minimum Gasteiger partial charge on any atom is -0.351 e. The molecule has 0 aliphatic heterocycles. The number of fused-ring (bicyclic) bond motifs is 1. The standard InChI is InChI=1S/C25H26FN5O2/c1-3-7-22(32)30-21-10-6-5-9-20(21)29-25(30)27-15-18-16-28-31(23(33)8-4-2)24(18)17-11-13-19(26)14-12-17/h5-6,9-14,16H,3-4,7-8,15H2,1-2H3,(H,27,29). The van der Waals surface area contributed by atoms with E-state index in [2.05, 4.69) is 15.4 Å². The van der Waals surface area contributed by atoms with E-state index in [1.54, 1.807) is 22.9 Å². The Morgan fingerprint density at radius 1 is 0.970 bits per heavy atom. The molecule has 4 rings (SSSR count). The van der Waals surface area contributed by atoms with Crippen LogP contribution in [0, 0.1) is 5.82 Å². The van der Waals surface area contributed by atoms with Gasteiger partial charge in [0.15, 0.2) is 0 Å². The summed E-state index contributed by atoms with van der Waals surface area (Å²) >= 11 is 0. The van der Waals surface area contributed by atoms with Gasteiger partial charge in [0.25, 0.3) is 0 Å². The van der Waals surface area contributed by atoms with E-state index in [0.717, 1.165) is 23.0 Å². The maximum atomic E-state index is 13.5. The van der Waals surface area contributed by atoms with Crippen molar-refractivity contribution in [3.8, 4) is 11.3 Å². The first kappa shape index (κ1) is 22.4. The first-order valence-corrected chi connectivity index (χ1v) is 11.1. The molecule has 170 valence electrons. The van der Waals surface area contributed by atoms with Gasteiger partial charge in [0.05, 0.1) is 22.9 Å². The molecule has 0 unspecified atom stereocenters. The Kier molecular flexibility index (Phi) is 6.63. The molecule has 0 radical (unpaired) electrons. The van der Waals surface area contributed by atoms with Crippen LogP contribution in [0.5, 0.6) is 0 Å². The number of benzene rings is 2. The number of nitrogens with zero attached hydrogens (tertiary/aromatic N) is 4. The van der Waals surface area contributed by atoms with Gasteiger partial charge in [-0.2, -0.15) is 9.78 Å². The SMILES string of the molecule is CCCC(=O)n1ncc(CNc2nc3ccccc3n2C(=O)CCC)c1-c1ccc(F)cc1. The van der Waals surface area contributed by atoms with Crippen LogP contribution in [0.2, 0.25) is 0 Å². The first-order chi connectivity index (χ1) is 16.0. The summed E-state index contributed by atoms with van der Waals surface area (Å²) in [6, 6.07) is 13.5. The monoisotopic (exact) mass is 447 g/mol. The van der Waals surface area contributed by atoms with Crippen molar-refractivity contribution in [3.05, 3.63) is 66.1 Å². The molecule has 0 aliphatic carbocycles. The lowest BCUT2D eigenvalue weighted by molar-refractivity contribution is 0.0885. The number of carbonyl (C=O) groups is 2. The van der Waals surface area contributed by atoms with Crippen molar-refractivity contribution < 1.29 is 14.0 Å². The molecule has 2 heterocycles. The third kappa shape index (κ3) is 4.55. The Morgan fingerprint density at radius 2 is 1.67 bits per heavy atom. The molecule has 1 N–H and O–H groups in total. The van der Waals surface area contributed by atoms with Gasteiger partial charge >= 0.3 is 0 Å². The van der Waals surface area contributed by atoms with Gasteiger partial charge in [0.1, 0.15) is 5.82 Å². The van der Waals surface area contributed by atoms with Gasteiger partial charge in [0.2, 0.25) is 17.8 Å². The molecule has 0 aliphatic rings. The number of imidazole rings is 1. The minimum absolute atomic E-state index is 0.0405. The number of carbonyl (C=O) groups excluding carboxylic acids is 2. The highest BCUT2D eigenvalue weighted by molar-refractivity contribution is 5.94. The molecule has 33 heavy (non-hydrogen) atoms. The molecule has 2 aromatic heterocycles. The molecule has 0 spiro atoms. The lowest BCUT2D eigenvalue weighted by atomic mass is 10.1. The van der Waals surface area contributed by atoms with Crippen molar-refractivity contribution >= 4 is 28.8 Å². The van der Waals surface area contributed by atoms with Crippen molar-refractivity contribution in [1.29, 1.82) is 0 Å². The Balaban J connectivity index is 1.71. The zero-order chi connectivity index (χ0) is 23.4. The molecule has 0 fully saturated rings. The van der Waals surface area contributed by atoms with Crippen LogP contribution in [0.1, 0.15) is 54.7 Å². The van der Waals surface area contributed by atoms with E-state index in [1.165, 1.54) is 16.8 Å². The largest absolute Gasteiger partial charge is 0.351 e. The van der Waals surface area contributed by atoms with Gasteiger partial charge in [-0.1, -0.05) is 26.0 Å². The molecule has 0 bridgehead atoms.